The van der Waals surface area contributed by atoms with Gasteiger partial charge >= 0.3 is 0 Å². The van der Waals surface area contributed by atoms with Gasteiger partial charge in [-0.15, -0.1) is 11.3 Å². The van der Waals surface area contributed by atoms with Crippen LogP contribution in [0.3, 0.4) is 0 Å². The third kappa shape index (κ3) is 2.97. The van der Waals surface area contributed by atoms with E-state index in [9.17, 15) is 4.39 Å². The molecule has 0 aliphatic heterocycles. The molecule has 0 aliphatic rings. The molecule has 4 heteroatoms. The van der Waals surface area contributed by atoms with E-state index in [0.29, 0.717) is 5.69 Å². The minimum absolute atomic E-state index is 0.294. The van der Waals surface area contributed by atoms with Gasteiger partial charge in [-0.05, 0) is 36.1 Å². The Kier molecular flexibility index (Phi) is 3.64. The van der Waals surface area contributed by atoms with Crippen LogP contribution in [0.5, 0.6) is 0 Å². The predicted molar refractivity (Wildman–Crippen MR) is 72.1 cm³/mol. The summed E-state index contributed by atoms with van der Waals surface area (Å²) in [5, 5.41) is 2.07. The van der Waals surface area contributed by atoms with Crippen LogP contribution in [0.1, 0.15) is 4.88 Å². The molecule has 90 valence electrons. The van der Waals surface area contributed by atoms with Crippen molar-refractivity contribution >= 4 is 22.7 Å². The van der Waals surface area contributed by atoms with E-state index >= 15 is 0 Å². The maximum Gasteiger partial charge on any atom is 0.125 e. The predicted octanol–water partition coefficient (Wildman–Crippen LogP) is 3.15. The van der Waals surface area contributed by atoms with Gasteiger partial charge in [0.15, 0.2) is 0 Å². The van der Waals surface area contributed by atoms with Crippen LogP contribution in [0.4, 0.5) is 15.8 Å². The first-order valence-corrected chi connectivity index (χ1v) is 6.33. The summed E-state index contributed by atoms with van der Waals surface area (Å²) in [6.45, 7) is 0.871. The number of hydrogen-bond acceptors (Lipinski definition) is 3. The van der Waals surface area contributed by atoms with Crippen molar-refractivity contribution in [2.75, 3.05) is 24.2 Å². The largest absolute Gasteiger partial charge is 0.397 e. The Morgan fingerprint density at radius 2 is 2.18 bits per heavy atom. The van der Waals surface area contributed by atoms with Gasteiger partial charge in [-0.25, -0.2) is 4.39 Å². The summed E-state index contributed by atoms with van der Waals surface area (Å²) in [6.07, 6.45) is 0.977. The molecular formula is C13H15FN2S. The zero-order chi connectivity index (χ0) is 12.3. The maximum absolute atomic E-state index is 12.9. The Bertz CT molecular complexity index is 482. The van der Waals surface area contributed by atoms with Crippen molar-refractivity contribution < 1.29 is 4.39 Å². The monoisotopic (exact) mass is 250 g/mol. The third-order valence-corrected chi connectivity index (χ3v) is 3.61. The van der Waals surface area contributed by atoms with Gasteiger partial charge in [0.05, 0.1) is 11.4 Å². The van der Waals surface area contributed by atoms with Gasteiger partial charge in [0.2, 0.25) is 0 Å². The highest BCUT2D eigenvalue weighted by Gasteiger charge is 2.06. The second-order valence-corrected chi connectivity index (χ2v) is 4.99. The fourth-order valence-electron chi connectivity index (χ4n) is 1.73. The molecule has 2 rings (SSSR count). The molecule has 17 heavy (non-hydrogen) atoms. The Morgan fingerprint density at radius 3 is 2.82 bits per heavy atom. The van der Waals surface area contributed by atoms with Gasteiger partial charge in [-0.1, -0.05) is 6.07 Å². The fourth-order valence-corrected chi connectivity index (χ4v) is 2.42. The van der Waals surface area contributed by atoms with Crippen LogP contribution in [0.15, 0.2) is 35.7 Å². The topological polar surface area (TPSA) is 29.3 Å². The molecule has 0 saturated heterocycles. The number of rotatable bonds is 4. The van der Waals surface area contributed by atoms with Crippen molar-refractivity contribution in [1.82, 2.24) is 0 Å². The van der Waals surface area contributed by atoms with E-state index in [1.54, 1.807) is 17.4 Å². The summed E-state index contributed by atoms with van der Waals surface area (Å²) >= 11 is 1.75. The third-order valence-electron chi connectivity index (χ3n) is 2.67. The lowest BCUT2D eigenvalue weighted by molar-refractivity contribution is 0.628. The molecule has 2 aromatic rings. The summed E-state index contributed by atoms with van der Waals surface area (Å²) in [6, 6.07) is 8.68. The number of halogens is 1. The Balaban J connectivity index is 2.01. The number of anilines is 2. The second-order valence-electron chi connectivity index (χ2n) is 3.95. The van der Waals surface area contributed by atoms with Gasteiger partial charge in [0.1, 0.15) is 5.82 Å². The molecule has 0 aliphatic carbocycles. The van der Waals surface area contributed by atoms with E-state index < -0.39 is 0 Å². The van der Waals surface area contributed by atoms with Crippen LogP contribution < -0.4 is 10.6 Å². The van der Waals surface area contributed by atoms with Gasteiger partial charge in [-0.3, -0.25) is 0 Å². The molecule has 0 spiro atoms. The highest BCUT2D eigenvalue weighted by Crippen LogP contribution is 2.23. The van der Waals surface area contributed by atoms with E-state index in [1.165, 1.54) is 17.0 Å². The molecule has 1 aromatic carbocycles. The Morgan fingerprint density at radius 1 is 1.35 bits per heavy atom. The summed E-state index contributed by atoms with van der Waals surface area (Å²) in [4.78, 5) is 3.40. The molecule has 2 N–H and O–H groups in total. The normalized spacial score (nSPS) is 10.5. The highest BCUT2D eigenvalue weighted by molar-refractivity contribution is 7.09. The van der Waals surface area contributed by atoms with Crippen LogP contribution in [0, 0.1) is 5.82 Å². The lowest BCUT2D eigenvalue weighted by Crippen LogP contribution is -2.21. The molecular weight excluding hydrogens is 235 g/mol. The number of likely N-dealkylation sites (N-methyl/N-ethyl adjacent to an activating group) is 1. The summed E-state index contributed by atoms with van der Waals surface area (Å²) in [5.74, 6) is -0.294. The number of thiophene rings is 1. The van der Waals surface area contributed by atoms with Crippen molar-refractivity contribution in [2.45, 2.75) is 6.42 Å². The van der Waals surface area contributed by atoms with E-state index in [2.05, 4.69) is 16.3 Å². The van der Waals surface area contributed by atoms with Crippen LogP contribution >= 0.6 is 11.3 Å². The van der Waals surface area contributed by atoms with Crippen molar-refractivity contribution in [1.29, 1.82) is 0 Å². The average molecular weight is 250 g/mol. The second kappa shape index (κ2) is 5.19. The highest BCUT2D eigenvalue weighted by atomic mass is 32.1. The number of nitrogens with two attached hydrogens (primary N) is 1. The molecule has 0 radical (unpaired) electrons. The maximum atomic E-state index is 12.9. The summed E-state index contributed by atoms with van der Waals surface area (Å²) in [5.41, 5.74) is 7.15. The lowest BCUT2D eigenvalue weighted by Gasteiger charge is -2.20. The number of nitrogens with zero attached hydrogens (tertiary/aromatic N) is 1. The van der Waals surface area contributed by atoms with Crippen molar-refractivity contribution in [2.24, 2.45) is 0 Å². The summed E-state index contributed by atoms with van der Waals surface area (Å²) < 4.78 is 12.9. The number of hydrogen-bond donors (Lipinski definition) is 1. The SMILES string of the molecule is CN(CCc1cccs1)c1ccc(F)cc1N. The first-order chi connectivity index (χ1) is 8.16. The first kappa shape index (κ1) is 11.9. The molecule has 0 unspecified atom stereocenters. The van der Waals surface area contributed by atoms with Gasteiger partial charge in [0, 0.05) is 18.5 Å². The zero-order valence-electron chi connectivity index (χ0n) is 9.69. The number of nitrogen functional groups attached to an aromatic ring is 1. The van der Waals surface area contributed by atoms with Crippen molar-refractivity contribution in [3.8, 4) is 0 Å². The molecule has 1 heterocycles. The standard InChI is InChI=1S/C13H15FN2S/c1-16(7-6-11-3-2-8-17-11)13-5-4-10(14)9-12(13)15/h2-5,8-9H,6-7,15H2,1H3. The Hall–Kier alpha value is -1.55. The minimum Gasteiger partial charge on any atom is -0.397 e. The molecule has 1 aromatic heterocycles. The zero-order valence-corrected chi connectivity index (χ0v) is 10.5. The van der Waals surface area contributed by atoms with E-state index in [4.69, 9.17) is 5.73 Å². The van der Waals surface area contributed by atoms with Crippen LogP contribution in [0.25, 0.3) is 0 Å². The van der Waals surface area contributed by atoms with Gasteiger partial charge in [-0.2, -0.15) is 0 Å². The molecule has 0 saturated carbocycles. The van der Waals surface area contributed by atoms with Crippen molar-refractivity contribution in [3.63, 3.8) is 0 Å². The molecule has 0 bridgehead atoms. The Labute approximate surface area is 104 Å². The molecule has 2 nitrogen and oxygen atoms in total. The summed E-state index contributed by atoms with van der Waals surface area (Å²) in [7, 11) is 1.97. The number of benzene rings is 1. The van der Waals surface area contributed by atoms with Crippen LogP contribution in [0.2, 0.25) is 0 Å². The van der Waals surface area contributed by atoms with Gasteiger partial charge < -0.3 is 10.6 Å². The van der Waals surface area contributed by atoms with Crippen LogP contribution in [-0.4, -0.2) is 13.6 Å². The minimum atomic E-state index is -0.294. The molecule has 0 atom stereocenters. The lowest BCUT2D eigenvalue weighted by atomic mass is 10.2. The van der Waals surface area contributed by atoms with E-state index in [1.807, 2.05) is 13.1 Å². The van der Waals surface area contributed by atoms with E-state index in [-0.39, 0.29) is 5.82 Å². The van der Waals surface area contributed by atoms with Crippen molar-refractivity contribution in [3.05, 3.63) is 46.4 Å². The molecule has 0 fully saturated rings. The smallest absolute Gasteiger partial charge is 0.125 e. The fraction of sp³-hybridized carbons (Fsp3) is 0.231. The van der Waals surface area contributed by atoms with Gasteiger partial charge in [0.25, 0.3) is 0 Å². The molecule has 0 amide bonds. The van der Waals surface area contributed by atoms with Crippen LogP contribution in [-0.2, 0) is 6.42 Å². The quantitative estimate of drug-likeness (QED) is 0.845. The van der Waals surface area contributed by atoms with E-state index in [0.717, 1.165) is 18.7 Å². The average Bonchev–Trinajstić information content (AvgIpc) is 2.78. The first-order valence-electron chi connectivity index (χ1n) is 5.45.